The van der Waals surface area contributed by atoms with Gasteiger partial charge < -0.3 is 10.1 Å². The summed E-state index contributed by atoms with van der Waals surface area (Å²) in [4.78, 5) is 34.8. The fraction of sp³-hybridized carbons (Fsp3) is 0.364. The smallest absolute Gasteiger partial charge is 0.338 e. The first-order valence-electron chi connectivity index (χ1n) is 9.68. The summed E-state index contributed by atoms with van der Waals surface area (Å²) in [6, 6.07) is 10.1. The van der Waals surface area contributed by atoms with Gasteiger partial charge in [-0.25, -0.2) is 4.79 Å². The average molecular weight is 396 g/mol. The zero-order valence-corrected chi connectivity index (χ0v) is 16.6. The minimum Gasteiger partial charge on any atom is -0.452 e. The van der Waals surface area contributed by atoms with Gasteiger partial charge in [-0.1, -0.05) is 24.3 Å². The van der Waals surface area contributed by atoms with Crippen molar-refractivity contribution in [3.05, 3.63) is 74.3 Å². The lowest BCUT2D eigenvalue weighted by Crippen LogP contribution is -2.31. The highest BCUT2D eigenvalue weighted by Gasteiger charge is 2.18. The van der Waals surface area contributed by atoms with E-state index in [1.54, 1.807) is 6.92 Å². The van der Waals surface area contributed by atoms with Crippen LogP contribution in [0.3, 0.4) is 0 Å². The van der Waals surface area contributed by atoms with E-state index in [1.165, 1.54) is 36.1 Å². The number of hydrogen-bond donors (Lipinski definition) is 1. The molecule has 1 atom stereocenters. The van der Waals surface area contributed by atoms with Gasteiger partial charge in [0.2, 0.25) is 0 Å². The van der Waals surface area contributed by atoms with Crippen LogP contribution in [-0.2, 0) is 22.4 Å². The highest BCUT2D eigenvalue weighted by Crippen LogP contribution is 2.25. The summed E-state index contributed by atoms with van der Waals surface area (Å²) >= 11 is 0. The second-order valence-corrected chi connectivity index (χ2v) is 7.36. The van der Waals surface area contributed by atoms with Crippen molar-refractivity contribution in [2.24, 2.45) is 0 Å². The number of nitro groups is 1. The van der Waals surface area contributed by atoms with Crippen LogP contribution in [0.4, 0.5) is 5.69 Å². The molecule has 2 aromatic carbocycles. The second kappa shape index (κ2) is 8.86. The van der Waals surface area contributed by atoms with Crippen LogP contribution in [0.5, 0.6) is 0 Å². The largest absolute Gasteiger partial charge is 0.452 e. The standard InChI is InChI=1S/C22H24N2O5/c1-14-7-8-19(12-20(14)24(27)28)22(26)29-13-21(25)23-15(2)17-10-9-16-5-3-4-6-18(16)11-17/h7-12,15H,3-6,13H2,1-2H3,(H,23,25)/t15-/m0/s1. The van der Waals surface area contributed by atoms with Crippen LogP contribution in [0, 0.1) is 17.0 Å². The lowest BCUT2D eigenvalue weighted by atomic mass is 9.89. The van der Waals surface area contributed by atoms with E-state index in [9.17, 15) is 19.7 Å². The summed E-state index contributed by atoms with van der Waals surface area (Å²) in [5, 5.41) is 13.8. The Morgan fingerprint density at radius 1 is 1.14 bits per heavy atom. The quantitative estimate of drug-likeness (QED) is 0.455. The molecule has 2 aromatic rings. The van der Waals surface area contributed by atoms with E-state index in [0.29, 0.717) is 5.56 Å². The molecule has 0 heterocycles. The molecule has 3 rings (SSSR count). The Morgan fingerprint density at radius 2 is 1.86 bits per heavy atom. The number of hydrogen-bond acceptors (Lipinski definition) is 5. The number of esters is 1. The predicted molar refractivity (Wildman–Crippen MR) is 108 cm³/mol. The molecule has 1 aliphatic carbocycles. The van der Waals surface area contributed by atoms with Crippen LogP contribution in [0.1, 0.15) is 58.4 Å². The van der Waals surface area contributed by atoms with E-state index in [0.717, 1.165) is 24.5 Å². The molecule has 1 N–H and O–H groups in total. The van der Waals surface area contributed by atoms with Gasteiger partial charge in [0, 0.05) is 11.6 Å². The molecule has 0 fully saturated rings. The van der Waals surface area contributed by atoms with Crippen molar-refractivity contribution >= 4 is 17.6 Å². The SMILES string of the molecule is Cc1ccc(C(=O)OCC(=O)N[C@@H](C)c2ccc3c(c2)CCCC3)cc1[N+](=O)[O-]. The summed E-state index contributed by atoms with van der Waals surface area (Å²) in [5.41, 5.74) is 4.05. The topological polar surface area (TPSA) is 98.5 Å². The molecule has 0 aromatic heterocycles. The zero-order chi connectivity index (χ0) is 21.0. The van der Waals surface area contributed by atoms with Gasteiger partial charge in [0.15, 0.2) is 6.61 Å². The summed E-state index contributed by atoms with van der Waals surface area (Å²) in [7, 11) is 0. The lowest BCUT2D eigenvalue weighted by Gasteiger charge is -2.20. The first-order chi connectivity index (χ1) is 13.8. The van der Waals surface area contributed by atoms with Gasteiger partial charge in [0.1, 0.15) is 0 Å². The number of nitro benzene ring substituents is 1. The maximum Gasteiger partial charge on any atom is 0.338 e. The summed E-state index contributed by atoms with van der Waals surface area (Å²) in [6.45, 7) is 3.02. The van der Waals surface area contributed by atoms with E-state index in [4.69, 9.17) is 4.74 Å². The fourth-order valence-electron chi connectivity index (χ4n) is 3.54. The Labute approximate surface area is 169 Å². The van der Waals surface area contributed by atoms with Crippen LogP contribution in [0.25, 0.3) is 0 Å². The molecule has 0 saturated heterocycles. The van der Waals surface area contributed by atoms with Crippen molar-refractivity contribution in [1.29, 1.82) is 0 Å². The first-order valence-corrected chi connectivity index (χ1v) is 9.68. The van der Waals surface area contributed by atoms with Gasteiger partial charge in [-0.15, -0.1) is 0 Å². The van der Waals surface area contributed by atoms with E-state index in [1.807, 2.05) is 13.0 Å². The maximum atomic E-state index is 12.2. The molecule has 7 nitrogen and oxygen atoms in total. The van der Waals surface area contributed by atoms with Crippen molar-refractivity contribution < 1.29 is 19.2 Å². The van der Waals surface area contributed by atoms with Crippen molar-refractivity contribution in [2.45, 2.75) is 45.6 Å². The first kappa shape index (κ1) is 20.5. The monoisotopic (exact) mass is 396 g/mol. The minimum atomic E-state index is -0.773. The van der Waals surface area contributed by atoms with Crippen molar-refractivity contribution in [2.75, 3.05) is 6.61 Å². The number of carbonyl (C=O) groups is 2. The molecule has 1 amide bonds. The van der Waals surface area contributed by atoms with Gasteiger partial charge in [-0.2, -0.15) is 0 Å². The molecule has 0 radical (unpaired) electrons. The Bertz CT molecular complexity index is 954. The third kappa shape index (κ3) is 4.99. The maximum absolute atomic E-state index is 12.2. The molecule has 29 heavy (non-hydrogen) atoms. The molecular weight excluding hydrogens is 372 g/mol. The van der Waals surface area contributed by atoms with Crippen molar-refractivity contribution in [3.8, 4) is 0 Å². The lowest BCUT2D eigenvalue weighted by molar-refractivity contribution is -0.385. The number of carbonyl (C=O) groups excluding carboxylic acids is 2. The molecule has 0 saturated carbocycles. The van der Waals surface area contributed by atoms with Gasteiger partial charge in [0.25, 0.3) is 11.6 Å². The molecule has 152 valence electrons. The molecular formula is C22H24N2O5. The highest BCUT2D eigenvalue weighted by molar-refractivity contribution is 5.92. The molecule has 0 spiro atoms. The van der Waals surface area contributed by atoms with E-state index < -0.39 is 23.4 Å². The summed E-state index contributed by atoms with van der Waals surface area (Å²) in [5.74, 6) is -1.20. The summed E-state index contributed by atoms with van der Waals surface area (Å²) < 4.78 is 5.02. The van der Waals surface area contributed by atoms with Crippen molar-refractivity contribution in [3.63, 3.8) is 0 Å². The van der Waals surface area contributed by atoms with Gasteiger partial charge in [0.05, 0.1) is 16.5 Å². The van der Waals surface area contributed by atoms with Crippen molar-refractivity contribution in [1.82, 2.24) is 5.32 Å². The normalized spacial score (nSPS) is 13.9. The van der Waals surface area contributed by atoms with Gasteiger partial charge in [-0.3, -0.25) is 14.9 Å². The number of amides is 1. The number of aryl methyl sites for hydroxylation is 3. The highest BCUT2D eigenvalue weighted by atomic mass is 16.6. The number of ether oxygens (including phenoxy) is 1. The zero-order valence-electron chi connectivity index (χ0n) is 16.6. The Hall–Kier alpha value is -3.22. The fourth-order valence-corrected chi connectivity index (χ4v) is 3.54. The molecule has 7 heteroatoms. The van der Waals surface area contributed by atoms with Gasteiger partial charge in [-0.05, 0) is 62.3 Å². The Kier molecular flexibility index (Phi) is 6.26. The Balaban J connectivity index is 1.56. The van der Waals surface area contributed by atoms with Crippen LogP contribution < -0.4 is 5.32 Å². The third-order valence-electron chi connectivity index (χ3n) is 5.23. The second-order valence-electron chi connectivity index (χ2n) is 7.36. The minimum absolute atomic E-state index is 0.0397. The number of benzene rings is 2. The average Bonchev–Trinajstić information content (AvgIpc) is 2.71. The summed E-state index contributed by atoms with van der Waals surface area (Å²) in [6.07, 6.45) is 4.56. The predicted octanol–water partition coefficient (Wildman–Crippen LogP) is 3.82. The number of nitrogens with one attached hydrogen (secondary N) is 1. The molecule has 0 aliphatic heterocycles. The van der Waals surface area contributed by atoms with Crippen LogP contribution >= 0.6 is 0 Å². The van der Waals surface area contributed by atoms with E-state index in [-0.39, 0.29) is 17.3 Å². The number of nitrogens with zero attached hydrogens (tertiary/aromatic N) is 1. The molecule has 0 bridgehead atoms. The third-order valence-corrected chi connectivity index (χ3v) is 5.23. The van der Waals surface area contributed by atoms with E-state index in [2.05, 4.69) is 17.4 Å². The Morgan fingerprint density at radius 3 is 2.59 bits per heavy atom. The molecule has 1 aliphatic rings. The van der Waals surface area contributed by atoms with E-state index >= 15 is 0 Å². The molecule has 0 unspecified atom stereocenters. The van der Waals surface area contributed by atoms with Crippen LogP contribution in [-0.4, -0.2) is 23.4 Å². The number of rotatable bonds is 6. The van der Waals surface area contributed by atoms with Crippen LogP contribution in [0.2, 0.25) is 0 Å². The van der Waals surface area contributed by atoms with Gasteiger partial charge >= 0.3 is 5.97 Å². The number of fused-ring (bicyclic) bond motifs is 1. The van der Waals surface area contributed by atoms with Crippen LogP contribution in [0.15, 0.2) is 36.4 Å².